The lowest BCUT2D eigenvalue weighted by Crippen LogP contribution is -2.24. The third-order valence-electron chi connectivity index (χ3n) is 1.82. The molecule has 0 spiro atoms. The van der Waals surface area contributed by atoms with Crippen LogP contribution in [0.2, 0.25) is 0 Å². The molecule has 1 N–H and O–H groups in total. The van der Waals surface area contributed by atoms with Crippen LogP contribution >= 0.6 is 0 Å². The molecule has 15 heavy (non-hydrogen) atoms. The van der Waals surface area contributed by atoms with Crippen molar-refractivity contribution in [2.45, 2.75) is 32.9 Å². The second-order valence-electron chi connectivity index (χ2n) is 3.95. The van der Waals surface area contributed by atoms with Gasteiger partial charge < -0.3 is 10.1 Å². The molecule has 0 aliphatic heterocycles. The van der Waals surface area contributed by atoms with Crippen LogP contribution in [-0.2, 0) is 4.74 Å². The average Bonchev–Trinajstić information content (AvgIpc) is 2.07. The molecular formula is C10H20F3NO. The monoisotopic (exact) mass is 227 g/mol. The quantitative estimate of drug-likeness (QED) is 0.643. The molecular weight excluding hydrogens is 207 g/mol. The van der Waals surface area contributed by atoms with E-state index in [0.29, 0.717) is 12.5 Å². The summed E-state index contributed by atoms with van der Waals surface area (Å²) in [5.41, 5.74) is 0. The Morgan fingerprint density at radius 2 is 1.87 bits per heavy atom. The Bertz CT molecular complexity index is 148. The Balaban J connectivity index is 3.06. The summed E-state index contributed by atoms with van der Waals surface area (Å²) in [4.78, 5) is 0. The Kier molecular flexibility index (Phi) is 7.78. The van der Waals surface area contributed by atoms with E-state index in [2.05, 4.69) is 23.9 Å². The van der Waals surface area contributed by atoms with E-state index in [4.69, 9.17) is 0 Å². The van der Waals surface area contributed by atoms with Crippen LogP contribution in [0, 0.1) is 5.92 Å². The Morgan fingerprint density at radius 3 is 2.40 bits per heavy atom. The molecule has 0 aliphatic rings. The van der Waals surface area contributed by atoms with Crippen LogP contribution < -0.4 is 5.32 Å². The summed E-state index contributed by atoms with van der Waals surface area (Å²) in [5.74, 6) is 0.674. The van der Waals surface area contributed by atoms with Crippen molar-refractivity contribution in [3.05, 3.63) is 0 Å². The maximum atomic E-state index is 11.6. The molecule has 0 saturated carbocycles. The highest BCUT2D eigenvalue weighted by atomic mass is 19.4. The molecule has 0 aliphatic carbocycles. The highest BCUT2D eigenvalue weighted by molar-refractivity contribution is 4.51. The van der Waals surface area contributed by atoms with Gasteiger partial charge in [-0.25, -0.2) is 0 Å². The second-order valence-corrected chi connectivity index (χ2v) is 3.95. The fourth-order valence-electron chi connectivity index (χ4n) is 1.09. The highest BCUT2D eigenvalue weighted by Gasteiger charge is 2.27. The van der Waals surface area contributed by atoms with E-state index in [-0.39, 0.29) is 6.61 Å². The van der Waals surface area contributed by atoms with Gasteiger partial charge in [0.1, 0.15) is 6.61 Å². The van der Waals surface area contributed by atoms with Gasteiger partial charge in [0.15, 0.2) is 0 Å². The minimum absolute atomic E-state index is 0.112. The number of ether oxygens (including phenoxy) is 1. The number of hydrogen-bond donors (Lipinski definition) is 1. The van der Waals surface area contributed by atoms with Crippen molar-refractivity contribution in [1.29, 1.82) is 0 Å². The first kappa shape index (κ1) is 14.7. The van der Waals surface area contributed by atoms with Crippen molar-refractivity contribution in [2.24, 2.45) is 5.92 Å². The van der Waals surface area contributed by atoms with E-state index in [1.165, 1.54) is 0 Å². The summed E-state index contributed by atoms with van der Waals surface area (Å²) >= 11 is 0. The van der Waals surface area contributed by atoms with Crippen LogP contribution in [0.3, 0.4) is 0 Å². The molecule has 0 heterocycles. The second kappa shape index (κ2) is 7.93. The standard InChI is InChI=1S/C10H20F3NO/c1-9(2)4-3-5-14-6-7-15-8-10(11,12)13/h9,14H,3-8H2,1-2H3. The maximum Gasteiger partial charge on any atom is 0.411 e. The Morgan fingerprint density at radius 1 is 1.20 bits per heavy atom. The fourth-order valence-corrected chi connectivity index (χ4v) is 1.09. The Labute approximate surface area is 89.2 Å². The molecule has 0 bridgehead atoms. The van der Waals surface area contributed by atoms with Crippen molar-refractivity contribution >= 4 is 0 Å². The zero-order valence-electron chi connectivity index (χ0n) is 9.36. The normalized spacial score (nSPS) is 12.4. The highest BCUT2D eigenvalue weighted by Crippen LogP contribution is 2.13. The van der Waals surface area contributed by atoms with Crippen LogP contribution in [-0.4, -0.2) is 32.5 Å². The van der Waals surface area contributed by atoms with E-state index >= 15 is 0 Å². The van der Waals surface area contributed by atoms with E-state index in [0.717, 1.165) is 19.4 Å². The first-order valence-corrected chi connectivity index (χ1v) is 5.27. The lowest BCUT2D eigenvalue weighted by atomic mass is 10.1. The van der Waals surface area contributed by atoms with Crippen LogP contribution in [0.15, 0.2) is 0 Å². The van der Waals surface area contributed by atoms with Gasteiger partial charge in [-0.1, -0.05) is 13.8 Å². The van der Waals surface area contributed by atoms with Gasteiger partial charge >= 0.3 is 6.18 Å². The fraction of sp³-hybridized carbons (Fsp3) is 1.00. The van der Waals surface area contributed by atoms with Gasteiger partial charge in [0.05, 0.1) is 6.61 Å². The topological polar surface area (TPSA) is 21.3 Å². The van der Waals surface area contributed by atoms with Crippen molar-refractivity contribution in [3.63, 3.8) is 0 Å². The predicted octanol–water partition coefficient (Wildman–Crippen LogP) is 2.59. The molecule has 0 aromatic rings. The van der Waals surface area contributed by atoms with Crippen LogP contribution in [0.25, 0.3) is 0 Å². The molecule has 0 aromatic carbocycles. The molecule has 0 amide bonds. The molecule has 0 rings (SSSR count). The van der Waals surface area contributed by atoms with Gasteiger partial charge in [0, 0.05) is 6.54 Å². The third-order valence-corrected chi connectivity index (χ3v) is 1.82. The summed E-state index contributed by atoms with van der Waals surface area (Å²) in [7, 11) is 0. The largest absolute Gasteiger partial charge is 0.411 e. The molecule has 0 radical (unpaired) electrons. The first-order chi connectivity index (χ1) is 6.92. The van der Waals surface area contributed by atoms with Crippen molar-refractivity contribution in [1.82, 2.24) is 5.32 Å². The predicted molar refractivity (Wildman–Crippen MR) is 53.8 cm³/mol. The van der Waals surface area contributed by atoms with Crippen molar-refractivity contribution < 1.29 is 17.9 Å². The van der Waals surface area contributed by atoms with Crippen LogP contribution in [0.1, 0.15) is 26.7 Å². The number of rotatable bonds is 8. The number of alkyl halides is 3. The zero-order chi connectivity index (χ0) is 11.7. The molecule has 0 atom stereocenters. The van der Waals surface area contributed by atoms with Gasteiger partial charge in [-0.15, -0.1) is 0 Å². The van der Waals surface area contributed by atoms with Gasteiger partial charge in [-0.05, 0) is 25.3 Å². The van der Waals surface area contributed by atoms with Crippen molar-refractivity contribution in [2.75, 3.05) is 26.3 Å². The first-order valence-electron chi connectivity index (χ1n) is 5.27. The molecule has 5 heteroatoms. The van der Waals surface area contributed by atoms with Crippen LogP contribution in [0.5, 0.6) is 0 Å². The molecule has 0 aromatic heterocycles. The zero-order valence-corrected chi connectivity index (χ0v) is 9.36. The van der Waals surface area contributed by atoms with Crippen LogP contribution in [0.4, 0.5) is 13.2 Å². The maximum absolute atomic E-state index is 11.6. The van der Waals surface area contributed by atoms with E-state index in [1.54, 1.807) is 0 Å². The third kappa shape index (κ3) is 13.7. The minimum atomic E-state index is -4.21. The molecule has 0 saturated heterocycles. The number of hydrogen-bond acceptors (Lipinski definition) is 2. The van der Waals surface area contributed by atoms with Gasteiger partial charge in [-0.3, -0.25) is 0 Å². The molecule has 0 fully saturated rings. The lowest BCUT2D eigenvalue weighted by molar-refractivity contribution is -0.173. The van der Waals surface area contributed by atoms with Gasteiger partial charge in [-0.2, -0.15) is 13.2 Å². The summed E-state index contributed by atoms with van der Waals surface area (Å²) in [6, 6.07) is 0. The summed E-state index contributed by atoms with van der Waals surface area (Å²) in [6.45, 7) is 4.57. The minimum Gasteiger partial charge on any atom is -0.371 e. The smallest absolute Gasteiger partial charge is 0.371 e. The summed E-state index contributed by atoms with van der Waals surface area (Å²) in [6.07, 6.45) is -2.02. The SMILES string of the molecule is CC(C)CCCNCCOCC(F)(F)F. The summed E-state index contributed by atoms with van der Waals surface area (Å²) < 4.78 is 39.3. The molecule has 92 valence electrons. The van der Waals surface area contributed by atoms with Gasteiger partial charge in [0.25, 0.3) is 0 Å². The lowest BCUT2D eigenvalue weighted by Gasteiger charge is -2.08. The Hall–Kier alpha value is -0.290. The summed E-state index contributed by atoms with van der Waals surface area (Å²) in [5, 5.41) is 3.03. The molecule has 0 unspecified atom stereocenters. The van der Waals surface area contributed by atoms with Gasteiger partial charge in [0.2, 0.25) is 0 Å². The number of nitrogens with one attached hydrogen (secondary N) is 1. The van der Waals surface area contributed by atoms with Crippen molar-refractivity contribution in [3.8, 4) is 0 Å². The molecule has 2 nitrogen and oxygen atoms in total. The van der Waals surface area contributed by atoms with E-state index in [9.17, 15) is 13.2 Å². The average molecular weight is 227 g/mol. The van der Waals surface area contributed by atoms with E-state index < -0.39 is 12.8 Å². The van der Waals surface area contributed by atoms with E-state index in [1.807, 2.05) is 0 Å². The number of halogens is 3.